The molecule has 2 aromatic carbocycles. The first kappa shape index (κ1) is 25.8. The van der Waals surface area contributed by atoms with Gasteiger partial charge in [0.25, 0.3) is 5.56 Å². The summed E-state index contributed by atoms with van der Waals surface area (Å²) in [6.07, 6.45) is 5.77. The molecular formula is C30H34N6O5. The van der Waals surface area contributed by atoms with E-state index in [4.69, 9.17) is 18.9 Å². The van der Waals surface area contributed by atoms with E-state index in [2.05, 4.69) is 39.3 Å². The predicted octanol–water partition coefficient (Wildman–Crippen LogP) is 4.88. The van der Waals surface area contributed by atoms with E-state index in [0.29, 0.717) is 35.7 Å². The number of rotatable bonds is 8. The molecule has 1 unspecified atom stereocenters. The van der Waals surface area contributed by atoms with Gasteiger partial charge < -0.3 is 23.9 Å². The number of fused-ring (bicyclic) bond motifs is 3. The molecule has 0 spiro atoms. The van der Waals surface area contributed by atoms with Gasteiger partial charge in [0.15, 0.2) is 28.8 Å². The smallest absolute Gasteiger partial charge is 0.252 e. The number of benzene rings is 2. The monoisotopic (exact) mass is 558 g/mol. The lowest BCUT2D eigenvalue weighted by molar-refractivity contribution is 0.121. The quantitative estimate of drug-likeness (QED) is 0.323. The second kappa shape index (κ2) is 10.7. The van der Waals surface area contributed by atoms with Crippen molar-refractivity contribution in [1.29, 1.82) is 0 Å². The zero-order valence-corrected chi connectivity index (χ0v) is 23.3. The minimum atomic E-state index is -0.138. The molecule has 1 aliphatic carbocycles. The van der Waals surface area contributed by atoms with E-state index >= 15 is 0 Å². The molecule has 0 bridgehead atoms. The molecule has 1 saturated carbocycles. The van der Waals surface area contributed by atoms with E-state index in [-0.39, 0.29) is 37.1 Å². The van der Waals surface area contributed by atoms with Crippen molar-refractivity contribution in [2.75, 3.05) is 13.6 Å². The van der Waals surface area contributed by atoms with Crippen molar-refractivity contribution < 1.29 is 18.9 Å². The largest absolute Gasteiger partial charge is 0.454 e. The van der Waals surface area contributed by atoms with Gasteiger partial charge in [0.05, 0.1) is 17.6 Å². The van der Waals surface area contributed by atoms with E-state index in [1.54, 1.807) is 0 Å². The van der Waals surface area contributed by atoms with Crippen LogP contribution in [0.15, 0.2) is 41.2 Å². The lowest BCUT2D eigenvalue weighted by Gasteiger charge is -2.35. The van der Waals surface area contributed by atoms with Crippen molar-refractivity contribution >= 4 is 10.9 Å². The average Bonchev–Trinajstić information content (AvgIpc) is 3.73. The molecule has 1 atom stereocenters. The number of nitrogens with one attached hydrogen (secondary N) is 1. The van der Waals surface area contributed by atoms with Gasteiger partial charge in [-0.1, -0.05) is 39.2 Å². The van der Waals surface area contributed by atoms with Gasteiger partial charge in [0.2, 0.25) is 13.6 Å². The Morgan fingerprint density at radius 3 is 2.44 bits per heavy atom. The summed E-state index contributed by atoms with van der Waals surface area (Å²) in [7, 11) is 0. The summed E-state index contributed by atoms with van der Waals surface area (Å²) in [6, 6.07) is 11.8. The van der Waals surface area contributed by atoms with Crippen molar-refractivity contribution in [1.82, 2.24) is 30.1 Å². The van der Waals surface area contributed by atoms with E-state index in [9.17, 15) is 4.79 Å². The fraction of sp³-hybridized carbons (Fsp3) is 0.467. The average molecular weight is 559 g/mol. The number of hydrogen-bond acceptors (Lipinski definition) is 9. The zero-order chi connectivity index (χ0) is 27.9. The minimum absolute atomic E-state index is 0.135. The molecule has 7 rings (SSSR count). The van der Waals surface area contributed by atoms with Gasteiger partial charge in [-0.15, -0.1) is 5.10 Å². The maximum atomic E-state index is 13.4. The minimum Gasteiger partial charge on any atom is -0.454 e. The van der Waals surface area contributed by atoms with Crippen molar-refractivity contribution in [3.8, 4) is 23.0 Å². The van der Waals surface area contributed by atoms with Gasteiger partial charge in [-0.3, -0.25) is 9.69 Å². The Morgan fingerprint density at radius 1 is 0.927 bits per heavy atom. The lowest BCUT2D eigenvalue weighted by atomic mass is 9.94. The van der Waals surface area contributed by atoms with Crippen molar-refractivity contribution in [3.63, 3.8) is 0 Å². The maximum Gasteiger partial charge on any atom is 0.252 e. The zero-order valence-electron chi connectivity index (χ0n) is 23.3. The predicted molar refractivity (Wildman–Crippen MR) is 150 cm³/mol. The van der Waals surface area contributed by atoms with E-state index in [1.807, 2.05) is 41.1 Å². The van der Waals surface area contributed by atoms with Gasteiger partial charge in [-0.2, -0.15) is 0 Å². The number of aromatic nitrogens is 5. The molecule has 4 heterocycles. The Hall–Kier alpha value is -4.12. The van der Waals surface area contributed by atoms with E-state index in [1.165, 1.54) is 19.3 Å². The Balaban J connectivity index is 1.28. The number of aromatic amines is 1. The molecule has 4 aromatic rings. The molecule has 1 fully saturated rings. The van der Waals surface area contributed by atoms with Crippen LogP contribution in [-0.4, -0.2) is 43.7 Å². The third-order valence-corrected chi connectivity index (χ3v) is 8.34. The molecular weight excluding hydrogens is 524 g/mol. The highest BCUT2D eigenvalue weighted by molar-refractivity contribution is 5.83. The molecule has 0 amide bonds. The van der Waals surface area contributed by atoms with Gasteiger partial charge in [-0.25, -0.2) is 4.68 Å². The normalized spacial score (nSPS) is 17.2. The molecule has 214 valence electrons. The summed E-state index contributed by atoms with van der Waals surface area (Å²) in [5.41, 5.74) is 2.28. The number of tetrazole rings is 1. The van der Waals surface area contributed by atoms with Crippen LogP contribution < -0.4 is 24.5 Å². The maximum absolute atomic E-state index is 13.4. The van der Waals surface area contributed by atoms with Crippen molar-refractivity contribution in [2.24, 2.45) is 5.92 Å². The van der Waals surface area contributed by atoms with Crippen LogP contribution >= 0.6 is 0 Å². The van der Waals surface area contributed by atoms with Crippen LogP contribution in [0.1, 0.15) is 75.0 Å². The topological polar surface area (TPSA) is 117 Å². The molecule has 11 heteroatoms. The van der Waals surface area contributed by atoms with E-state index < -0.39 is 0 Å². The second-order valence-corrected chi connectivity index (χ2v) is 11.5. The van der Waals surface area contributed by atoms with Gasteiger partial charge >= 0.3 is 0 Å². The standard InChI is InChI=1S/C30H34N6O5/c1-18(2)28(29-32-33-34-36(29)22-6-4-3-5-7-22)35(14-19-8-9-24-25(10-19)39-16-38-24)15-21-11-20-12-26-27(41-17-40-26)13-23(20)31-30(21)37/h8-13,18,22,28H,3-7,14-17H2,1-2H3,(H,31,37). The van der Waals surface area contributed by atoms with Crippen molar-refractivity contribution in [3.05, 3.63) is 63.7 Å². The van der Waals surface area contributed by atoms with Crippen LogP contribution in [0.5, 0.6) is 23.0 Å². The second-order valence-electron chi connectivity index (χ2n) is 11.5. The Morgan fingerprint density at radius 2 is 1.66 bits per heavy atom. The molecule has 2 aliphatic heterocycles. The van der Waals surface area contributed by atoms with Gasteiger partial charge in [0, 0.05) is 30.1 Å². The van der Waals surface area contributed by atoms with Crippen LogP contribution in [-0.2, 0) is 13.1 Å². The molecule has 41 heavy (non-hydrogen) atoms. The third-order valence-electron chi connectivity index (χ3n) is 8.34. The molecule has 0 radical (unpaired) electrons. The van der Waals surface area contributed by atoms with Gasteiger partial charge in [0.1, 0.15) is 0 Å². The summed E-state index contributed by atoms with van der Waals surface area (Å²) in [5.74, 6) is 3.81. The number of nitrogens with zero attached hydrogens (tertiary/aromatic N) is 5. The SMILES string of the molecule is CC(C)C(c1nnnn1C1CCCCC1)N(Cc1ccc2c(c1)OCO2)Cc1cc2cc3c(cc2[nH]c1=O)OCO3. The first-order valence-corrected chi connectivity index (χ1v) is 14.4. The van der Waals surface area contributed by atoms with Crippen molar-refractivity contribution in [2.45, 2.75) is 71.1 Å². The molecule has 3 aliphatic rings. The van der Waals surface area contributed by atoms with Crippen LogP contribution in [0.25, 0.3) is 10.9 Å². The Labute approximate surface area is 237 Å². The summed E-state index contributed by atoms with van der Waals surface area (Å²) >= 11 is 0. The molecule has 1 N–H and O–H groups in total. The fourth-order valence-electron chi connectivity index (χ4n) is 6.37. The molecule has 2 aromatic heterocycles. The number of hydrogen-bond donors (Lipinski definition) is 1. The number of H-pyrrole nitrogens is 1. The van der Waals surface area contributed by atoms with Crippen LogP contribution in [0.4, 0.5) is 0 Å². The fourth-order valence-corrected chi connectivity index (χ4v) is 6.37. The van der Waals surface area contributed by atoms with Crippen LogP contribution in [0.3, 0.4) is 0 Å². The first-order valence-electron chi connectivity index (χ1n) is 14.4. The number of pyridine rings is 1. The van der Waals surface area contributed by atoms with Crippen LogP contribution in [0, 0.1) is 5.92 Å². The van der Waals surface area contributed by atoms with Crippen LogP contribution in [0.2, 0.25) is 0 Å². The summed E-state index contributed by atoms with van der Waals surface area (Å²) in [5, 5.41) is 14.1. The Bertz CT molecular complexity index is 1630. The summed E-state index contributed by atoms with van der Waals surface area (Å²) in [6.45, 7) is 5.73. The lowest BCUT2D eigenvalue weighted by Crippen LogP contribution is -2.36. The Kier molecular flexibility index (Phi) is 6.74. The molecule has 0 saturated heterocycles. The highest BCUT2D eigenvalue weighted by Gasteiger charge is 2.33. The highest BCUT2D eigenvalue weighted by Crippen LogP contribution is 2.38. The van der Waals surface area contributed by atoms with E-state index in [0.717, 1.165) is 41.1 Å². The summed E-state index contributed by atoms with van der Waals surface area (Å²) < 4.78 is 24.3. The van der Waals surface area contributed by atoms with Gasteiger partial charge in [-0.05, 0) is 59.0 Å². The third kappa shape index (κ3) is 4.99. The first-order chi connectivity index (χ1) is 20.0. The number of ether oxygens (including phenoxy) is 4. The highest BCUT2D eigenvalue weighted by atomic mass is 16.7. The summed E-state index contributed by atoms with van der Waals surface area (Å²) in [4.78, 5) is 18.8. The molecule has 11 nitrogen and oxygen atoms in total.